The zero-order chi connectivity index (χ0) is 15.8. The Morgan fingerprint density at radius 2 is 1.64 bits per heavy atom. The van der Waals surface area contributed by atoms with Crippen molar-refractivity contribution in [3.05, 3.63) is 76.6 Å². The van der Waals surface area contributed by atoms with Gasteiger partial charge in [-0.05, 0) is 23.8 Å². The maximum atomic E-state index is 13.7. The lowest BCUT2D eigenvalue weighted by atomic mass is 10.2. The number of nitriles is 2. The fourth-order valence-corrected chi connectivity index (χ4v) is 2.67. The molecule has 0 amide bonds. The number of benzene rings is 2. The highest BCUT2D eigenvalue weighted by molar-refractivity contribution is 8.02. The molecule has 0 spiro atoms. The van der Waals surface area contributed by atoms with Crippen molar-refractivity contribution in [2.24, 2.45) is 0 Å². The minimum absolute atomic E-state index is 0.0230. The van der Waals surface area contributed by atoms with E-state index >= 15 is 0 Å². The Kier molecular flexibility index (Phi) is 5.59. The lowest BCUT2D eigenvalue weighted by molar-refractivity contribution is 0.617. The van der Waals surface area contributed by atoms with Crippen LogP contribution in [-0.2, 0) is 5.75 Å². The molecule has 2 rings (SSSR count). The molecule has 0 unspecified atom stereocenters. The SMILES string of the molecule is N#CC(C#N)=C(Nc1ccccc1)SCc1ccccc1F. The number of nitrogens with one attached hydrogen (secondary N) is 1. The Labute approximate surface area is 132 Å². The van der Waals surface area contributed by atoms with Gasteiger partial charge in [-0.3, -0.25) is 0 Å². The topological polar surface area (TPSA) is 59.6 Å². The molecule has 0 heterocycles. The lowest BCUT2D eigenvalue weighted by Gasteiger charge is -2.11. The van der Waals surface area contributed by atoms with Crippen molar-refractivity contribution in [3.8, 4) is 12.1 Å². The summed E-state index contributed by atoms with van der Waals surface area (Å²) >= 11 is 1.22. The standard InChI is InChI=1S/C17H12FN3S/c18-16-9-5-4-6-13(16)12-22-17(14(10-19)11-20)21-15-7-2-1-3-8-15/h1-9,21H,12H2. The molecule has 1 N–H and O–H groups in total. The average molecular weight is 309 g/mol. The number of allylic oxidation sites excluding steroid dienone is 1. The third kappa shape index (κ3) is 4.12. The monoisotopic (exact) mass is 309 g/mol. The van der Waals surface area contributed by atoms with Gasteiger partial charge in [0.25, 0.3) is 0 Å². The molecule has 108 valence electrons. The van der Waals surface area contributed by atoms with Gasteiger partial charge in [-0.2, -0.15) is 10.5 Å². The summed E-state index contributed by atoms with van der Waals surface area (Å²) in [4.78, 5) is 0. The van der Waals surface area contributed by atoms with Gasteiger partial charge in [0.1, 0.15) is 23.0 Å². The smallest absolute Gasteiger partial charge is 0.159 e. The highest BCUT2D eigenvalue weighted by Crippen LogP contribution is 2.26. The Morgan fingerprint density at radius 1 is 1.00 bits per heavy atom. The van der Waals surface area contributed by atoms with Gasteiger partial charge in [-0.25, -0.2) is 4.39 Å². The first-order valence-electron chi connectivity index (χ1n) is 6.47. The van der Waals surface area contributed by atoms with Gasteiger partial charge in [0.05, 0.1) is 0 Å². The third-order valence-electron chi connectivity index (χ3n) is 2.81. The quantitative estimate of drug-likeness (QED) is 0.830. The molecule has 0 aliphatic heterocycles. The van der Waals surface area contributed by atoms with Crippen LogP contribution in [0.4, 0.5) is 10.1 Å². The first-order chi connectivity index (χ1) is 10.7. The molecule has 22 heavy (non-hydrogen) atoms. The van der Waals surface area contributed by atoms with Crippen LogP contribution >= 0.6 is 11.8 Å². The molecule has 5 heteroatoms. The summed E-state index contributed by atoms with van der Waals surface area (Å²) in [7, 11) is 0. The van der Waals surface area contributed by atoms with E-state index in [9.17, 15) is 4.39 Å². The van der Waals surface area contributed by atoms with Crippen LogP contribution < -0.4 is 5.32 Å². The molecule has 2 aromatic carbocycles. The van der Waals surface area contributed by atoms with Crippen molar-refractivity contribution in [1.82, 2.24) is 0 Å². The maximum absolute atomic E-state index is 13.7. The molecule has 0 radical (unpaired) electrons. The van der Waals surface area contributed by atoms with Crippen molar-refractivity contribution in [1.29, 1.82) is 10.5 Å². The molecule has 0 aliphatic carbocycles. The van der Waals surface area contributed by atoms with E-state index in [4.69, 9.17) is 10.5 Å². The van der Waals surface area contributed by atoms with E-state index in [0.29, 0.717) is 16.3 Å². The highest BCUT2D eigenvalue weighted by Gasteiger charge is 2.10. The highest BCUT2D eigenvalue weighted by atomic mass is 32.2. The number of hydrogen-bond acceptors (Lipinski definition) is 4. The molecular formula is C17H12FN3S. The number of halogens is 1. The average Bonchev–Trinajstić information content (AvgIpc) is 2.56. The van der Waals surface area contributed by atoms with Crippen molar-refractivity contribution in [3.63, 3.8) is 0 Å². The van der Waals surface area contributed by atoms with Gasteiger partial charge in [-0.1, -0.05) is 36.4 Å². The van der Waals surface area contributed by atoms with Gasteiger partial charge in [0.15, 0.2) is 5.57 Å². The summed E-state index contributed by atoms with van der Waals surface area (Å²) in [6, 6.07) is 19.4. The normalized spacial score (nSPS) is 9.41. The molecule has 0 saturated heterocycles. The minimum Gasteiger partial charge on any atom is -0.349 e. The van der Waals surface area contributed by atoms with Crippen LogP contribution in [0.3, 0.4) is 0 Å². The summed E-state index contributed by atoms with van der Waals surface area (Å²) in [6.45, 7) is 0. The zero-order valence-corrected chi connectivity index (χ0v) is 12.4. The minimum atomic E-state index is -0.301. The lowest BCUT2D eigenvalue weighted by Crippen LogP contribution is -2.00. The summed E-state index contributed by atoms with van der Waals surface area (Å²) in [6.07, 6.45) is 0. The van der Waals surface area contributed by atoms with E-state index in [1.165, 1.54) is 17.8 Å². The fraction of sp³-hybridized carbons (Fsp3) is 0.0588. The van der Waals surface area contributed by atoms with E-state index in [0.717, 1.165) is 5.69 Å². The number of rotatable bonds is 5. The number of thioether (sulfide) groups is 1. The maximum Gasteiger partial charge on any atom is 0.159 e. The fourth-order valence-electron chi connectivity index (χ4n) is 1.72. The van der Waals surface area contributed by atoms with Crippen LogP contribution in [0.15, 0.2) is 65.2 Å². The van der Waals surface area contributed by atoms with E-state index in [1.807, 2.05) is 42.5 Å². The van der Waals surface area contributed by atoms with Gasteiger partial charge in [0.2, 0.25) is 0 Å². The summed E-state index contributed by atoms with van der Waals surface area (Å²) in [5.74, 6) is 0.0267. The number of anilines is 1. The van der Waals surface area contributed by atoms with Crippen molar-refractivity contribution in [2.75, 3.05) is 5.32 Å². The predicted molar refractivity (Wildman–Crippen MR) is 86.0 cm³/mol. The molecule has 0 bridgehead atoms. The van der Waals surface area contributed by atoms with Crippen LogP contribution in [0.5, 0.6) is 0 Å². The first kappa shape index (κ1) is 15.6. The van der Waals surface area contributed by atoms with E-state index in [1.54, 1.807) is 18.2 Å². The van der Waals surface area contributed by atoms with Gasteiger partial charge in [0, 0.05) is 11.4 Å². The van der Waals surface area contributed by atoms with Crippen molar-refractivity contribution >= 4 is 17.4 Å². The molecule has 3 nitrogen and oxygen atoms in total. The molecule has 2 aromatic rings. The van der Waals surface area contributed by atoms with Crippen molar-refractivity contribution in [2.45, 2.75) is 5.75 Å². The molecule has 0 saturated carbocycles. The van der Waals surface area contributed by atoms with Gasteiger partial charge >= 0.3 is 0 Å². The van der Waals surface area contributed by atoms with Crippen LogP contribution in [0, 0.1) is 28.5 Å². The Morgan fingerprint density at radius 3 is 2.27 bits per heavy atom. The van der Waals surface area contributed by atoms with Crippen LogP contribution in [0.2, 0.25) is 0 Å². The number of nitrogens with zero attached hydrogens (tertiary/aromatic N) is 2. The second kappa shape index (κ2) is 7.87. The largest absolute Gasteiger partial charge is 0.349 e. The molecule has 0 atom stereocenters. The molecule has 0 fully saturated rings. The zero-order valence-electron chi connectivity index (χ0n) is 11.6. The molecule has 0 aliphatic rings. The second-order valence-corrected chi connectivity index (χ2v) is 5.28. The number of para-hydroxylation sites is 1. The summed E-state index contributed by atoms with van der Waals surface area (Å²) in [5, 5.41) is 21.6. The Balaban J connectivity index is 2.20. The predicted octanol–water partition coefficient (Wildman–Crippen LogP) is 4.43. The van der Waals surface area contributed by atoms with E-state index in [2.05, 4.69) is 5.32 Å². The van der Waals surface area contributed by atoms with Gasteiger partial charge in [-0.15, -0.1) is 11.8 Å². The van der Waals surface area contributed by atoms with Gasteiger partial charge < -0.3 is 5.32 Å². The van der Waals surface area contributed by atoms with Crippen LogP contribution in [0.25, 0.3) is 0 Å². The number of hydrogen-bond donors (Lipinski definition) is 1. The van der Waals surface area contributed by atoms with E-state index < -0.39 is 0 Å². The molecule has 0 aromatic heterocycles. The Hall–Kier alpha value is -2.76. The van der Waals surface area contributed by atoms with E-state index in [-0.39, 0.29) is 11.4 Å². The second-order valence-electron chi connectivity index (χ2n) is 4.30. The Bertz CT molecular complexity index is 741. The summed E-state index contributed by atoms with van der Waals surface area (Å²) in [5.41, 5.74) is 1.27. The van der Waals surface area contributed by atoms with Crippen molar-refractivity contribution < 1.29 is 4.39 Å². The molecular weight excluding hydrogens is 297 g/mol. The van der Waals surface area contributed by atoms with Crippen LogP contribution in [-0.4, -0.2) is 0 Å². The third-order valence-corrected chi connectivity index (χ3v) is 3.86. The first-order valence-corrected chi connectivity index (χ1v) is 7.46. The summed E-state index contributed by atoms with van der Waals surface area (Å²) < 4.78 is 13.7. The van der Waals surface area contributed by atoms with Crippen LogP contribution in [0.1, 0.15) is 5.56 Å².